The molecule has 0 aromatic rings. The van der Waals surface area contributed by atoms with E-state index in [4.69, 9.17) is 9.47 Å². The van der Waals surface area contributed by atoms with Crippen LogP contribution in [-0.4, -0.2) is 70.8 Å². The van der Waals surface area contributed by atoms with Crippen LogP contribution in [0.1, 0.15) is 40.5 Å². The summed E-state index contributed by atoms with van der Waals surface area (Å²) >= 11 is 0. The Bertz CT molecular complexity index is 680. The Balaban J connectivity index is 1.72. The first-order valence-corrected chi connectivity index (χ1v) is 8.90. The lowest BCUT2D eigenvalue weighted by Gasteiger charge is -2.42. The van der Waals surface area contributed by atoms with Gasteiger partial charge in [0.1, 0.15) is 12.2 Å². The van der Waals surface area contributed by atoms with Gasteiger partial charge in [-0.25, -0.2) is 9.59 Å². The number of hydrogen-bond donors (Lipinski definition) is 1. The Morgan fingerprint density at radius 2 is 1.92 bits per heavy atom. The van der Waals surface area contributed by atoms with Gasteiger partial charge in [0, 0.05) is 13.1 Å². The monoisotopic (exact) mass is 366 g/mol. The quantitative estimate of drug-likeness (QED) is 0.697. The number of β-amino-alcohol motifs (C(OH)–C–C–N with tert-alkyl or cyclic N) is 1. The van der Waals surface area contributed by atoms with E-state index in [1.807, 2.05) is 0 Å². The number of rotatable bonds is 1. The summed E-state index contributed by atoms with van der Waals surface area (Å²) < 4.78 is 10.3. The summed E-state index contributed by atoms with van der Waals surface area (Å²) in [4.78, 5) is 39.9. The number of esters is 1. The summed E-state index contributed by atoms with van der Waals surface area (Å²) in [5.74, 6) is -0.601. The molecule has 26 heavy (non-hydrogen) atoms. The molecule has 0 bridgehead atoms. The summed E-state index contributed by atoms with van der Waals surface area (Å²) in [7, 11) is 0. The van der Waals surface area contributed by atoms with Crippen LogP contribution in [0.5, 0.6) is 0 Å². The van der Waals surface area contributed by atoms with E-state index in [1.165, 1.54) is 4.90 Å². The second-order valence-electron chi connectivity index (χ2n) is 8.20. The number of cyclic esters (lactones) is 1. The Morgan fingerprint density at radius 1 is 1.27 bits per heavy atom. The zero-order valence-corrected chi connectivity index (χ0v) is 15.7. The van der Waals surface area contributed by atoms with Crippen molar-refractivity contribution >= 4 is 18.0 Å². The molecule has 1 spiro atoms. The van der Waals surface area contributed by atoms with Crippen LogP contribution in [0, 0.1) is 5.41 Å². The van der Waals surface area contributed by atoms with Gasteiger partial charge in [0.25, 0.3) is 0 Å². The maximum Gasteiger partial charge on any atom is 0.410 e. The van der Waals surface area contributed by atoms with Gasteiger partial charge in [-0.2, -0.15) is 0 Å². The summed E-state index contributed by atoms with van der Waals surface area (Å²) in [5, 5.41) is 10.7. The molecular weight excluding hydrogens is 340 g/mol. The van der Waals surface area contributed by atoms with Gasteiger partial charge < -0.3 is 24.4 Å². The lowest BCUT2D eigenvalue weighted by atomic mass is 9.75. The third-order valence-electron chi connectivity index (χ3n) is 5.37. The van der Waals surface area contributed by atoms with Gasteiger partial charge in [0.15, 0.2) is 0 Å². The van der Waals surface area contributed by atoms with E-state index in [0.717, 1.165) is 0 Å². The molecule has 2 atom stereocenters. The highest BCUT2D eigenvalue weighted by molar-refractivity contribution is 5.94. The minimum Gasteiger partial charge on any atom is -0.456 e. The molecule has 2 saturated heterocycles. The molecule has 0 aromatic carbocycles. The molecule has 3 aliphatic rings. The molecule has 0 saturated carbocycles. The minimum atomic E-state index is -0.972. The second kappa shape index (κ2) is 6.26. The van der Waals surface area contributed by atoms with Crippen LogP contribution in [-0.2, 0) is 19.1 Å². The number of piperidine rings is 1. The highest BCUT2D eigenvalue weighted by Gasteiger charge is 2.55. The van der Waals surface area contributed by atoms with Crippen LogP contribution in [0.3, 0.4) is 0 Å². The zero-order valence-electron chi connectivity index (χ0n) is 15.7. The van der Waals surface area contributed by atoms with Crippen molar-refractivity contribution in [2.24, 2.45) is 5.41 Å². The van der Waals surface area contributed by atoms with Crippen LogP contribution >= 0.6 is 0 Å². The Hall–Kier alpha value is -2.09. The average molecular weight is 366 g/mol. The normalized spacial score (nSPS) is 29.7. The number of hydrogen-bond acceptors (Lipinski definition) is 6. The maximum absolute atomic E-state index is 13.1. The van der Waals surface area contributed by atoms with Crippen molar-refractivity contribution in [2.75, 3.05) is 26.2 Å². The van der Waals surface area contributed by atoms with E-state index in [9.17, 15) is 19.5 Å². The number of aliphatic hydroxyl groups is 1. The van der Waals surface area contributed by atoms with E-state index >= 15 is 0 Å². The van der Waals surface area contributed by atoms with Crippen molar-refractivity contribution in [1.29, 1.82) is 0 Å². The molecule has 0 aliphatic carbocycles. The van der Waals surface area contributed by atoms with Crippen molar-refractivity contribution in [3.8, 4) is 0 Å². The van der Waals surface area contributed by atoms with Crippen molar-refractivity contribution in [3.05, 3.63) is 11.3 Å². The summed E-state index contributed by atoms with van der Waals surface area (Å²) in [5.41, 5.74) is -0.511. The minimum absolute atomic E-state index is 0.0575. The van der Waals surface area contributed by atoms with Crippen LogP contribution in [0.2, 0.25) is 0 Å². The topological polar surface area (TPSA) is 96.4 Å². The number of likely N-dealkylation sites (tertiary alicyclic amines) is 2. The van der Waals surface area contributed by atoms with E-state index in [2.05, 4.69) is 0 Å². The predicted molar refractivity (Wildman–Crippen MR) is 90.9 cm³/mol. The second-order valence-corrected chi connectivity index (χ2v) is 8.20. The first-order chi connectivity index (χ1) is 12.0. The Morgan fingerprint density at radius 3 is 2.46 bits per heavy atom. The molecule has 144 valence electrons. The molecule has 0 radical (unpaired) electrons. The lowest BCUT2D eigenvalue weighted by Crippen LogP contribution is -2.56. The van der Waals surface area contributed by atoms with Crippen molar-refractivity contribution < 1.29 is 29.0 Å². The van der Waals surface area contributed by atoms with Gasteiger partial charge in [-0.15, -0.1) is 0 Å². The molecule has 1 N–H and O–H groups in total. The summed E-state index contributed by atoms with van der Waals surface area (Å²) in [6.07, 6.45) is -0.605. The van der Waals surface area contributed by atoms with Gasteiger partial charge in [0.2, 0.25) is 5.91 Å². The number of carbonyl (C=O) groups is 3. The van der Waals surface area contributed by atoms with Crippen molar-refractivity contribution in [3.63, 3.8) is 0 Å². The Kier molecular flexibility index (Phi) is 4.50. The number of aliphatic hydroxyl groups excluding tert-OH is 1. The van der Waals surface area contributed by atoms with Gasteiger partial charge in [0.05, 0.1) is 29.3 Å². The number of nitrogens with zero attached hydrogens (tertiary/aromatic N) is 2. The number of carbonyl (C=O) groups excluding carboxylic acids is 3. The van der Waals surface area contributed by atoms with E-state index in [1.54, 1.807) is 32.6 Å². The molecule has 8 heteroatoms. The largest absolute Gasteiger partial charge is 0.456 e. The average Bonchev–Trinajstić information content (AvgIpc) is 3.03. The van der Waals surface area contributed by atoms with Crippen LogP contribution in [0.15, 0.2) is 11.3 Å². The molecule has 2 amide bonds. The molecule has 2 fully saturated rings. The van der Waals surface area contributed by atoms with Gasteiger partial charge >= 0.3 is 12.1 Å². The van der Waals surface area contributed by atoms with Gasteiger partial charge in [-0.3, -0.25) is 4.79 Å². The standard InChI is InChI=1S/C18H26N2O6/c1-11-12(10-25-14(11)22)20-8-6-18(15(20)23)5-7-19(9-13(18)21)16(24)26-17(2,3)4/h13,21H,5-10H2,1-4H3/t13-,18-/m0/s1. The summed E-state index contributed by atoms with van der Waals surface area (Å²) in [6, 6.07) is 0. The zero-order chi connectivity index (χ0) is 19.3. The lowest BCUT2D eigenvalue weighted by molar-refractivity contribution is -0.146. The van der Waals surface area contributed by atoms with Crippen molar-refractivity contribution in [1.82, 2.24) is 9.80 Å². The predicted octanol–water partition coefficient (Wildman–Crippen LogP) is 1.04. The fraction of sp³-hybridized carbons (Fsp3) is 0.722. The van der Waals surface area contributed by atoms with Crippen LogP contribution in [0.25, 0.3) is 0 Å². The van der Waals surface area contributed by atoms with Gasteiger partial charge in [-0.05, 0) is 40.5 Å². The van der Waals surface area contributed by atoms with E-state index in [0.29, 0.717) is 37.2 Å². The molecule has 8 nitrogen and oxygen atoms in total. The Labute approximate surface area is 152 Å². The molecule has 3 heterocycles. The van der Waals surface area contributed by atoms with E-state index < -0.39 is 29.2 Å². The smallest absolute Gasteiger partial charge is 0.410 e. The van der Waals surface area contributed by atoms with Gasteiger partial charge in [-0.1, -0.05) is 0 Å². The number of amides is 2. The third-order valence-corrected chi connectivity index (χ3v) is 5.37. The fourth-order valence-electron chi connectivity index (χ4n) is 3.80. The molecular formula is C18H26N2O6. The van der Waals surface area contributed by atoms with Crippen LogP contribution in [0.4, 0.5) is 4.79 Å². The molecule has 0 unspecified atom stereocenters. The highest BCUT2D eigenvalue weighted by atomic mass is 16.6. The van der Waals surface area contributed by atoms with E-state index in [-0.39, 0.29) is 19.1 Å². The molecule has 3 rings (SSSR count). The van der Waals surface area contributed by atoms with Crippen LogP contribution < -0.4 is 0 Å². The summed E-state index contributed by atoms with van der Waals surface area (Å²) in [6.45, 7) is 7.92. The molecule has 3 aliphatic heterocycles. The fourth-order valence-corrected chi connectivity index (χ4v) is 3.80. The first-order valence-electron chi connectivity index (χ1n) is 8.90. The maximum atomic E-state index is 13.1. The van der Waals surface area contributed by atoms with Crippen molar-refractivity contribution in [2.45, 2.75) is 52.2 Å². The molecule has 0 aromatic heterocycles. The third kappa shape index (κ3) is 3.06. The first kappa shape index (κ1) is 18.7. The SMILES string of the molecule is CC1=C(N2CC[C@]3(CCN(C(=O)OC(C)(C)C)C[C@@H]3O)C2=O)COC1=O. The number of ether oxygens (including phenoxy) is 2. The highest BCUT2D eigenvalue weighted by Crippen LogP contribution is 2.44.